The second-order valence-corrected chi connectivity index (χ2v) is 6.85. The van der Waals surface area contributed by atoms with Gasteiger partial charge in [0.2, 0.25) is 5.91 Å². The molecule has 0 aliphatic rings. The maximum Gasteiger partial charge on any atom is 0.338 e. The van der Waals surface area contributed by atoms with Gasteiger partial charge in [-0.2, -0.15) is 0 Å². The molecule has 0 aliphatic carbocycles. The van der Waals surface area contributed by atoms with E-state index in [2.05, 4.69) is 5.32 Å². The predicted molar refractivity (Wildman–Crippen MR) is 104 cm³/mol. The number of carbonyl (C=O) groups is 2. The van der Waals surface area contributed by atoms with E-state index >= 15 is 0 Å². The highest BCUT2D eigenvalue weighted by atomic mass is 35.5. The average Bonchev–Trinajstić information content (AvgIpc) is 2.58. The zero-order chi connectivity index (χ0) is 18.2. The van der Waals surface area contributed by atoms with Crippen molar-refractivity contribution in [3.05, 3.63) is 63.6 Å². The van der Waals surface area contributed by atoms with Crippen LogP contribution in [0.5, 0.6) is 0 Å². The van der Waals surface area contributed by atoms with E-state index < -0.39 is 5.97 Å². The van der Waals surface area contributed by atoms with Gasteiger partial charge in [0.05, 0.1) is 28.6 Å². The number of hydrogen-bond acceptors (Lipinski definition) is 4. The molecule has 2 aromatic rings. The lowest BCUT2D eigenvalue weighted by Crippen LogP contribution is -2.15. The largest absolute Gasteiger partial charge is 0.462 e. The molecule has 0 fully saturated rings. The first kappa shape index (κ1) is 19.6. The van der Waals surface area contributed by atoms with Crippen molar-refractivity contribution in [2.75, 3.05) is 17.7 Å². The van der Waals surface area contributed by atoms with E-state index in [4.69, 9.17) is 27.9 Å². The third-order valence-corrected chi connectivity index (χ3v) is 4.87. The lowest BCUT2D eigenvalue weighted by atomic mass is 10.2. The molecule has 0 radical (unpaired) electrons. The molecule has 0 heterocycles. The molecule has 0 aromatic heterocycles. The van der Waals surface area contributed by atoms with Gasteiger partial charge in [-0.05, 0) is 36.8 Å². The Hall–Kier alpha value is -1.69. The molecule has 4 nitrogen and oxygen atoms in total. The minimum absolute atomic E-state index is 0.178. The van der Waals surface area contributed by atoms with Gasteiger partial charge in [-0.3, -0.25) is 4.79 Å². The van der Waals surface area contributed by atoms with Crippen LogP contribution < -0.4 is 5.32 Å². The fourth-order valence-corrected chi connectivity index (χ4v) is 3.35. The van der Waals surface area contributed by atoms with Gasteiger partial charge in [0, 0.05) is 10.8 Å². The summed E-state index contributed by atoms with van der Waals surface area (Å²) >= 11 is 13.7. The van der Waals surface area contributed by atoms with Crippen LogP contribution in [0, 0.1) is 0 Å². The van der Waals surface area contributed by atoms with Crippen LogP contribution in [-0.4, -0.2) is 24.2 Å². The zero-order valence-corrected chi connectivity index (χ0v) is 15.9. The lowest BCUT2D eigenvalue weighted by molar-refractivity contribution is -0.113. The Morgan fingerprint density at radius 2 is 1.88 bits per heavy atom. The smallest absolute Gasteiger partial charge is 0.338 e. The third kappa shape index (κ3) is 5.96. The van der Waals surface area contributed by atoms with Crippen LogP contribution in [0.3, 0.4) is 0 Å². The Morgan fingerprint density at radius 1 is 1.12 bits per heavy atom. The predicted octanol–water partition coefficient (Wildman–Crippen LogP) is 5.04. The van der Waals surface area contributed by atoms with Crippen molar-refractivity contribution in [3.8, 4) is 0 Å². The van der Waals surface area contributed by atoms with Gasteiger partial charge < -0.3 is 10.1 Å². The van der Waals surface area contributed by atoms with Gasteiger partial charge in [-0.15, -0.1) is 11.8 Å². The molecule has 0 saturated heterocycles. The van der Waals surface area contributed by atoms with Crippen molar-refractivity contribution in [2.24, 2.45) is 0 Å². The van der Waals surface area contributed by atoms with Crippen molar-refractivity contribution in [2.45, 2.75) is 12.7 Å². The first-order valence-electron chi connectivity index (χ1n) is 7.59. The molecule has 0 unspecified atom stereocenters. The standard InChI is InChI=1S/C18H17Cl2NO3S/c1-2-24-18(23)12-7-8-16(15(20)9-12)21-17(22)11-25-10-13-5-3-4-6-14(13)19/h3-9H,2,10-11H2,1H3,(H,21,22). The second-order valence-electron chi connectivity index (χ2n) is 5.05. The Balaban J connectivity index is 1.88. The molecule has 0 bridgehead atoms. The number of anilines is 1. The summed E-state index contributed by atoms with van der Waals surface area (Å²) in [6.45, 7) is 2.02. The number of nitrogens with one attached hydrogen (secondary N) is 1. The Bertz CT molecular complexity index is 768. The average molecular weight is 398 g/mol. The minimum atomic E-state index is -0.447. The van der Waals surface area contributed by atoms with E-state index in [1.807, 2.05) is 24.3 Å². The van der Waals surface area contributed by atoms with E-state index in [1.54, 1.807) is 19.1 Å². The second kappa shape index (κ2) is 9.70. The van der Waals surface area contributed by atoms with Crippen molar-refractivity contribution < 1.29 is 14.3 Å². The Labute approximate surface area is 160 Å². The summed E-state index contributed by atoms with van der Waals surface area (Å²) in [5, 5.41) is 3.71. The first-order chi connectivity index (χ1) is 12.0. The molecule has 25 heavy (non-hydrogen) atoms. The summed E-state index contributed by atoms with van der Waals surface area (Å²) in [4.78, 5) is 23.7. The molecule has 132 valence electrons. The summed E-state index contributed by atoms with van der Waals surface area (Å²) in [7, 11) is 0. The van der Waals surface area contributed by atoms with Crippen molar-refractivity contribution in [3.63, 3.8) is 0 Å². The van der Waals surface area contributed by atoms with Crippen LogP contribution in [0.1, 0.15) is 22.8 Å². The topological polar surface area (TPSA) is 55.4 Å². The number of benzene rings is 2. The van der Waals surface area contributed by atoms with Gasteiger partial charge in [0.1, 0.15) is 0 Å². The maximum atomic E-state index is 12.0. The molecule has 1 N–H and O–H groups in total. The SMILES string of the molecule is CCOC(=O)c1ccc(NC(=O)CSCc2ccccc2Cl)c(Cl)c1. The number of halogens is 2. The molecule has 2 rings (SSSR count). The normalized spacial score (nSPS) is 10.4. The van der Waals surface area contributed by atoms with Crippen molar-refractivity contribution in [1.29, 1.82) is 0 Å². The van der Waals surface area contributed by atoms with E-state index in [9.17, 15) is 9.59 Å². The summed E-state index contributed by atoms with van der Waals surface area (Å²) in [5.41, 5.74) is 1.79. The van der Waals surface area contributed by atoms with Crippen molar-refractivity contribution in [1.82, 2.24) is 0 Å². The number of amides is 1. The third-order valence-electron chi connectivity index (χ3n) is 3.20. The molecule has 7 heteroatoms. The summed E-state index contributed by atoms with van der Waals surface area (Å²) in [6, 6.07) is 12.2. The Kier molecular flexibility index (Phi) is 7.62. The highest BCUT2D eigenvalue weighted by Crippen LogP contribution is 2.24. The van der Waals surface area contributed by atoms with Crippen LogP contribution in [0.2, 0.25) is 10.0 Å². The number of rotatable bonds is 7. The van der Waals surface area contributed by atoms with Crippen LogP contribution in [0.15, 0.2) is 42.5 Å². The summed E-state index contributed by atoms with van der Waals surface area (Å²) in [6.07, 6.45) is 0. The van der Waals surface area contributed by atoms with Gasteiger partial charge in [-0.1, -0.05) is 41.4 Å². The molecule has 1 amide bonds. The fourth-order valence-electron chi connectivity index (χ4n) is 2.01. The van der Waals surface area contributed by atoms with E-state index in [0.717, 1.165) is 5.56 Å². The molecule has 0 spiro atoms. The monoisotopic (exact) mass is 397 g/mol. The molecule has 0 atom stereocenters. The summed E-state index contributed by atoms with van der Waals surface area (Å²) in [5.74, 6) is 0.282. The zero-order valence-electron chi connectivity index (χ0n) is 13.6. The van der Waals surface area contributed by atoms with Gasteiger partial charge in [0.15, 0.2) is 0 Å². The number of ether oxygens (including phenoxy) is 1. The Morgan fingerprint density at radius 3 is 2.56 bits per heavy atom. The van der Waals surface area contributed by atoms with Crippen LogP contribution in [-0.2, 0) is 15.3 Å². The molecular weight excluding hydrogens is 381 g/mol. The highest BCUT2D eigenvalue weighted by Gasteiger charge is 2.11. The number of esters is 1. The quantitative estimate of drug-likeness (QED) is 0.664. The summed E-state index contributed by atoms with van der Waals surface area (Å²) < 4.78 is 4.91. The number of thioether (sulfide) groups is 1. The van der Waals surface area contributed by atoms with E-state index in [1.165, 1.54) is 17.8 Å². The number of hydrogen-bond donors (Lipinski definition) is 1. The fraction of sp³-hybridized carbons (Fsp3) is 0.222. The van der Waals surface area contributed by atoms with Gasteiger partial charge >= 0.3 is 5.97 Å². The minimum Gasteiger partial charge on any atom is -0.462 e. The van der Waals surface area contributed by atoms with Crippen LogP contribution in [0.4, 0.5) is 5.69 Å². The van der Waals surface area contributed by atoms with Crippen LogP contribution >= 0.6 is 35.0 Å². The molecule has 0 saturated carbocycles. The molecule has 0 aliphatic heterocycles. The first-order valence-corrected chi connectivity index (χ1v) is 9.50. The van der Waals surface area contributed by atoms with Crippen molar-refractivity contribution >= 4 is 52.5 Å². The van der Waals surface area contributed by atoms with Crippen LogP contribution in [0.25, 0.3) is 0 Å². The highest BCUT2D eigenvalue weighted by molar-refractivity contribution is 7.99. The van der Waals surface area contributed by atoms with E-state index in [0.29, 0.717) is 22.0 Å². The molecule has 2 aromatic carbocycles. The van der Waals surface area contributed by atoms with Gasteiger partial charge in [-0.25, -0.2) is 4.79 Å². The van der Waals surface area contributed by atoms with Gasteiger partial charge in [0.25, 0.3) is 0 Å². The lowest BCUT2D eigenvalue weighted by Gasteiger charge is -2.09. The number of carbonyl (C=O) groups excluding carboxylic acids is 2. The van der Waals surface area contributed by atoms with E-state index in [-0.39, 0.29) is 23.3 Å². The maximum absolute atomic E-state index is 12.0. The molecular formula is C18H17Cl2NO3S.